The van der Waals surface area contributed by atoms with E-state index in [2.05, 4.69) is 0 Å². The Kier molecular flexibility index (Phi) is 6.96. The Morgan fingerprint density at radius 2 is 1.54 bits per heavy atom. The van der Waals surface area contributed by atoms with Gasteiger partial charge in [-0.3, -0.25) is 14.4 Å². The number of carbonyl (C=O) groups is 2. The minimum absolute atomic E-state index is 0.0646. The molecular formula is C25H24O12. The van der Waals surface area contributed by atoms with Gasteiger partial charge < -0.3 is 43.8 Å². The molecule has 1 aliphatic rings. The van der Waals surface area contributed by atoms with Gasteiger partial charge in [0.05, 0.1) is 6.10 Å². The molecule has 0 amide bonds. The number of aliphatic hydroxyl groups is 1. The van der Waals surface area contributed by atoms with Gasteiger partial charge in [0.1, 0.15) is 28.2 Å². The summed E-state index contributed by atoms with van der Waals surface area (Å²) in [5.74, 6) is -3.14. The van der Waals surface area contributed by atoms with Crippen LogP contribution < -0.4 is 10.2 Å². The normalized spacial score (nSPS) is 23.4. The fourth-order valence-corrected chi connectivity index (χ4v) is 4.06. The van der Waals surface area contributed by atoms with Gasteiger partial charge in [0.25, 0.3) is 0 Å². The minimum Gasteiger partial charge on any atom is -0.508 e. The molecule has 12 heteroatoms. The lowest BCUT2D eigenvalue weighted by atomic mass is 9.99. The van der Waals surface area contributed by atoms with Crippen molar-refractivity contribution in [3.05, 3.63) is 46.6 Å². The lowest BCUT2D eigenvalue weighted by Crippen LogP contribution is -2.61. The van der Waals surface area contributed by atoms with Crippen LogP contribution in [0.2, 0.25) is 0 Å². The fourth-order valence-electron chi connectivity index (χ4n) is 4.06. The van der Waals surface area contributed by atoms with Gasteiger partial charge >= 0.3 is 11.9 Å². The number of ether oxygens (including phenoxy) is 4. The zero-order valence-electron chi connectivity index (χ0n) is 19.9. The maximum atomic E-state index is 13.5. The highest BCUT2D eigenvalue weighted by molar-refractivity contribution is 5.88. The van der Waals surface area contributed by atoms with E-state index >= 15 is 0 Å². The zero-order chi connectivity index (χ0) is 27.0. The number of fused-ring (bicyclic) bond motifs is 1. The van der Waals surface area contributed by atoms with Gasteiger partial charge in [0.15, 0.2) is 24.1 Å². The van der Waals surface area contributed by atoms with Crippen molar-refractivity contribution < 1.29 is 53.4 Å². The average molecular weight is 516 g/mol. The Bertz CT molecular complexity index is 1390. The lowest BCUT2D eigenvalue weighted by molar-refractivity contribution is -0.276. The summed E-state index contributed by atoms with van der Waals surface area (Å²) < 4.78 is 27.7. The number of phenols is 3. The van der Waals surface area contributed by atoms with Crippen LogP contribution in [0.15, 0.2) is 45.6 Å². The number of hydrogen-bond donors (Lipinski definition) is 4. The second kappa shape index (κ2) is 9.99. The molecule has 0 radical (unpaired) electrons. The number of aliphatic hydroxyl groups excluding tert-OH is 1. The molecule has 4 rings (SSSR count). The van der Waals surface area contributed by atoms with Crippen molar-refractivity contribution >= 4 is 22.9 Å². The predicted octanol–water partition coefficient (Wildman–Crippen LogP) is 1.92. The summed E-state index contributed by atoms with van der Waals surface area (Å²) in [5, 5.41) is 40.5. The molecular weight excluding hydrogens is 492 g/mol. The monoisotopic (exact) mass is 516 g/mol. The topological polar surface area (TPSA) is 182 Å². The maximum Gasteiger partial charge on any atom is 0.303 e. The molecule has 0 saturated carbocycles. The molecule has 37 heavy (non-hydrogen) atoms. The second-order valence-electron chi connectivity index (χ2n) is 8.44. The summed E-state index contributed by atoms with van der Waals surface area (Å²) in [6, 6.07) is 7.58. The van der Waals surface area contributed by atoms with Crippen LogP contribution in [0.1, 0.15) is 20.8 Å². The third-order valence-corrected chi connectivity index (χ3v) is 5.64. The molecule has 0 bridgehead atoms. The quantitative estimate of drug-likeness (QED) is 0.362. The summed E-state index contributed by atoms with van der Waals surface area (Å²) in [7, 11) is 0. The first-order chi connectivity index (χ1) is 17.5. The van der Waals surface area contributed by atoms with Crippen molar-refractivity contribution in [2.75, 3.05) is 0 Å². The van der Waals surface area contributed by atoms with Gasteiger partial charge in [-0.15, -0.1) is 0 Å². The number of hydrogen-bond acceptors (Lipinski definition) is 12. The van der Waals surface area contributed by atoms with Crippen molar-refractivity contribution in [1.82, 2.24) is 0 Å². The van der Waals surface area contributed by atoms with Crippen LogP contribution in [0.25, 0.3) is 22.3 Å². The maximum absolute atomic E-state index is 13.5. The van der Waals surface area contributed by atoms with Crippen LogP contribution in [0.4, 0.5) is 0 Å². The molecule has 0 spiro atoms. The smallest absolute Gasteiger partial charge is 0.303 e. The number of aromatic hydroxyl groups is 3. The van der Waals surface area contributed by atoms with E-state index in [1.54, 1.807) is 0 Å². The van der Waals surface area contributed by atoms with Crippen molar-refractivity contribution in [3.63, 3.8) is 0 Å². The second-order valence-corrected chi connectivity index (χ2v) is 8.44. The van der Waals surface area contributed by atoms with Crippen LogP contribution in [-0.4, -0.2) is 63.1 Å². The molecule has 3 aromatic rings. The van der Waals surface area contributed by atoms with E-state index in [9.17, 15) is 34.8 Å². The zero-order valence-corrected chi connectivity index (χ0v) is 19.9. The Labute approximate surface area is 209 Å². The van der Waals surface area contributed by atoms with Crippen molar-refractivity contribution in [1.29, 1.82) is 0 Å². The number of rotatable bonds is 5. The SMILES string of the molecule is CC(=O)OC1[C@@H](OC(C)=O)C(O)[C@H](Oc2c(-c3ccc(O)cc3)oc3cc(O)cc(O)c3c2=O)O[C@H]1C. The van der Waals surface area contributed by atoms with Crippen molar-refractivity contribution in [2.45, 2.75) is 51.5 Å². The summed E-state index contributed by atoms with van der Waals surface area (Å²) in [4.78, 5) is 36.8. The molecule has 4 N–H and O–H groups in total. The van der Waals surface area contributed by atoms with E-state index in [1.165, 1.54) is 31.2 Å². The molecule has 2 aromatic carbocycles. The third-order valence-electron chi connectivity index (χ3n) is 5.64. The first-order valence-corrected chi connectivity index (χ1v) is 11.1. The summed E-state index contributed by atoms with van der Waals surface area (Å²) in [5.41, 5.74) is -0.761. The summed E-state index contributed by atoms with van der Waals surface area (Å²) in [6.45, 7) is 3.73. The number of esters is 2. The van der Waals surface area contributed by atoms with Crippen LogP contribution >= 0.6 is 0 Å². The van der Waals surface area contributed by atoms with E-state index in [-0.39, 0.29) is 33.8 Å². The summed E-state index contributed by atoms with van der Waals surface area (Å²) >= 11 is 0. The predicted molar refractivity (Wildman–Crippen MR) is 125 cm³/mol. The van der Waals surface area contributed by atoms with Gasteiger partial charge in [-0.1, -0.05) is 0 Å². The molecule has 12 nitrogen and oxygen atoms in total. The van der Waals surface area contributed by atoms with Gasteiger partial charge in [-0.2, -0.15) is 0 Å². The van der Waals surface area contributed by atoms with Crippen LogP contribution in [0, 0.1) is 0 Å². The molecule has 5 atom stereocenters. The highest BCUT2D eigenvalue weighted by Gasteiger charge is 2.49. The molecule has 1 aromatic heterocycles. The van der Waals surface area contributed by atoms with Crippen LogP contribution in [-0.2, 0) is 23.8 Å². The van der Waals surface area contributed by atoms with E-state index in [0.29, 0.717) is 0 Å². The standard InChI is InChI=1S/C25H24O12/c1-10-21(34-11(2)26)24(35-12(3)27)20(32)25(33-10)37-23-19(31)18-16(30)8-15(29)9-17(18)36-22(23)13-4-6-14(28)7-5-13/h4-10,20-21,24-25,28-30,32H,1-3H3/t10-,20?,21?,24-,25-/m0/s1. The fraction of sp³-hybridized carbons (Fsp3) is 0.320. The van der Waals surface area contributed by atoms with E-state index in [1.807, 2.05) is 0 Å². The first-order valence-electron chi connectivity index (χ1n) is 11.1. The highest BCUT2D eigenvalue weighted by Crippen LogP contribution is 2.37. The van der Waals surface area contributed by atoms with Gasteiger partial charge in [0, 0.05) is 31.5 Å². The third kappa shape index (κ3) is 5.15. The largest absolute Gasteiger partial charge is 0.508 e. The number of carbonyl (C=O) groups excluding carboxylic acids is 2. The van der Waals surface area contributed by atoms with Crippen LogP contribution in [0.3, 0.4) is 0 Å². The Balaban J connectivity index is 1.83. The number of benzene rings is 2. The van der Waals surface area contributed by atoms with Crippen molar-refractivity contribution in [3.8, 4) is 34.3 Å². The molecule has 196 valence electrons. The molecule has 1 aliphatic heterocycles. The lowest BCUT2D eigenvalue weighted by Gasteiger charge is -2.41. The van der Waals surface area contributed by atoms with E-state index < -0.39 is 59.6 Å². The minimum atomic E-state index is -1.72. The Hall–Kier alpha value is -4.29. The molecule has 1 fully saturated rings. The average Bonchev–Trinajstić information content (AvgIpc) is 2.80. The van der Waals surface area contributed by atoms with E-state index in [0.717, 1.165) is 26.0 Å². The number of phenolic OH excluding ortho intramolecular Hbond substituents is 3. The summed E-state index contributed by atoms with van der Waals surface area (Å²) in [6.07, 6.45) is -6.85. The van der Waals surface area contributed by atoms with Gasteiger partial charge in [-0.25, -0.2) is 0 Å². The Morgan fingerprint density at radius 1 is 0.919 bits per heavy atom. The molecule has 2 heterocycles. The van der Waals surface area contributed by atoms with Gasteiger partial charge in [0.2, 0.25) is 17.5 Å². The van der Waals surface area contributed by atoms with Gasteiger partial charge in [-0.05, 0) is 31.2 Å². The Morgan fingerprint density at radius 3 is 2.16 bits per heavy atom. The van der Waals surface area contributed by atoms with Crippen molar-refractivity contribution in [2.24, 2.45) is 0 Å². The van der Waals surface area contributed by atoms with Crippen LogP contribution in [0.5, 0.6) is 23.0 Å². The van der Waals surface area contributed by atoms with E-state index in [4.69, 9.17) is 23.4 Å². The molecule has 1 saturated heterocycles. The highest BCUT2D eigenvalue weighted by atomic mass is 16.7. The first kappa shape index (κ1) is 25.8. The molecule has 2 unspecified atom stereocenters. The molecule has 0 aliphatic carbocycles.